The van der Waals surface area contributed by atoms with E-state index >= 15 is 0 Å². The summed E-state index contributed by atoms with van der Waals surface area (Å²) >= 11 is 0. The molecule has 0 aromatic heterocycles. The minimum absolute atomic E-state index is 0.498. The second-order valence-electron chi connectivity index (χ2n) is 5.15. The Morgan fingerprint density at radius 3 is 1.78 bits per heavy atom. The third-order valence-electron chi connectivity index (χ3n) is 3.93. The van der Waals surface area contributed by atoms with Gasteiger partial charge in [0.2, 0.25) is 10.9 Å². The highest BCUT2D eigenvalue weighted by Crippen LogP contribution is 2.37. The monoisotopic (exact) mass is 333 g/mol. The van der Waals surface area contributed by atoms with Gasteiger partial charge in [-0.25, -0.2) is 13.1 Å². The first-order chi connectivity index (χ1) is 11.0. The number of methoxy groups -OCH3 is 1. The third kappa shape index (κ3) is 3.43. The highest BCUT2D eigenvalue weighted by Gasteiger charge is 2.44. The lowest BCUT2D eigenvalue weighted by molar-refractivity contribution is -0.147. The van der Waals surface area contributed by atoms with Crippen LogP contribution in [-0.2, 0) is 26.0 Å². The van der Waals surface area contributed by atoms with Gasteiger partial charge in [0.15, 0.2) is 0 Å². The van der Waals surface area contributed by atoms with Crippen molar-refractivity contribution in [3.05, 3.63) is 71.8 Å². The number of ether oxygens (including phenoxy) is 1. The van der Waals surface area contributed by atoms with Crippen LogP contribution in [0.3, 0.4) is 0 Å². The fourth-order valence-corrected chi connectivity index (χ4v) is 3.53. The molecule has 1 unspecified atom stereocenters. The number of hydrogen-bond acceptors (Lipinski definition) is 4. The van der Waals surface area contributed by atoms with E-state index in [2.05, 4.69) is 4.72 Å². The van der Waals surface area contributed by atoms with E-state index in [1.807, 2.05) is 12.1 Å². The van der Waals surface area contributed by atoms with E-state index in [4.69, 9.17) is 4.74 Å². The first kappa shape index (κ1) is 17.2. The largest absolute Gasteiger partial charge is 0.469 e. The molecule has 2 rings (SSSR count). The summed E-state index contributed by atoms with van der Waals surface area (Å²) in [6.45, 7) is 1.65. The quantitative estimate of drug-likeness (QED) is 0.625. The first-order valence-corrected chi connectivity index (χ1v) is 8.31. The van der Waals surface area contributed by atoms with Gasteiger partial charge in [-0.05, 0) is 18.1 Å². The van der Waals surface area contributed by atoms with Crippen LogP contribution in [0.4, 0.5) is 0 Å². The Labute approximate surface area is 137 Å². The van der Waals surface area contributed by atoms with Gasteiger partial charge in [-0.15, -0.1) is 0 Å². The summed E-state index contributed by atoms with van der Waals surface area (Å²) in [7, 11) is -1.67. The lowest BCUT2D eigenvalue weighted by atomic mass is 9.74. The molecule has 1 N–H and O–H groups in total. The van der Waals surface area contributed by atoms with Gasteiger partial charge >= 0.3 is 5.97 Å². The molecular formula is C17H19NO4S. The SMILES string of the molecule is COC(=O)C(C)C(N[SH](=O)=O)(c1ccccc1)c1ccccc1. The molecule has 0 aliphatic heterocycles. The molecule has 0 saturated carbocycles. The third-order valence-corrected chi connectivity index (χ3v) is 4.47. The lowest BCUT2D eigenvalue weighted by Crippen LogP contribution is -2.50. The number of carbonyl (C=O) groups excluding carboxylic acids is 1. The maximum atomic E-state index is 12.2. The molecule has 0 fully saturated rings. The predicted molar refractivity (Wildman–Crippen MR) is 88.3 cm³/mol. The smallest absolute Gasteiger partial charge is 0.311 e. The molecule has 1 atom stereocenters. The zero-order valence-corrected chi connectivity index (χ0v) is 13.8. The summed E-state index contributed by atoms with van der Waals surface area (Å²) in [4.78, 5) is 12.2. The molecule has 0 aliphatic carbocycles. The van der Waals surface area contributed by atoms with Crippen molar-refractivity contribution < 1.29 is 17.9 Å². The number of esters is 1. The van der Waals surface area contributed by atoms with E-state index in [1.54, 1.807) is 55.5 Å². The fraction of sp³-hybridized carbons (Fsp3) is 0.235. The van der Waals surface area contributed by atoms with Gasteiger partial charge in [0.05, 0.1) is 18.6 Å². The standard InChI is InChI=1S/C17H19NO4S/c1-13(16(19)22-2)17(18-23(20)21,14-9-5-3-6-10-14)15-11-7-4-8-12-15/h3-13,23H,1-2H3,(H,18,20,21). The number of carbonyl (C=O) groups is 1. The fourth-order valence-electron chi connectivity index (χ4n) is 2.79. The lowest BCUT2D eigenvalue weighted by Gasteiger charge is -2.37. The average molecular weight is 333 g/mol. The molecule has 0 aliphatic rings. The first-order valence-electron chi connectivity index (χ1n) is 7.13. The maximum Gasteiger partial charge on any atom is 0.311 e. The highest BCUT2D eigenvalue weighted by molar-refractivity contribution is 7.70. The number of benzene rings is 2. The number of hydrogen-bond donors (Lipinski definition) is 2. The summed E-state index contributed by atoms with van der Waals surface area (Å²) in [5.74, 6) is -1.26. The van der Waals surface area contributed by atoms with Crippen LogP contribution < -0.4 is 4.72 Å². The van der Waals surface area contributed by atoms with E-state index in [0.717, 1.165) is 0 Å². The summed E-state index contributed by atoms with van der Waals surface area (Å²) in [5, 5.41) is 0. The average Bonchev–Trinajstić information content (AvgIpc) is 2.59. The molecule has 0 radical (unpaired) electrons. The molecule has 6 heteroatoms. The molecule has 0 spiro atoms. The Kier molecular flexibility index (Phi) is 5.52. The van der Waals surface area contributed by atoms with Crippen LogP contribution in [0, 0.1) is 5.92 Å². The van der Waals surface area contributed by atoms with Gasteiger partial charge in [-0.1, -0.05) is 60.7 Å². The summed E-state index contributed by atoms with van der Waals surface area (Å²) in [6, 6.07) is 18.0. The Bertz CT molecular complexity index is 681. The van der Waals surface area contributed by atoms with Gasteiger partial charge in [0, 0.05) is 0 Å². The topological polar surface area (TPSA) is 72.5 Å². The molecule has 0 saturated heterocycles. The van der Waals surface area contributed by atoms with Crippen LogP contribution >= 0.6 is 0 Å². The minimum Gasteiger partial charge on any atom is -0.469 e. The molecule has 0 heterocycles. The Hall–Kier alpha value is -2.18. The van der Waals surface area contributed by atoms with Gasteiger partial charge < -0.3 is 4.74 Å². The van der Waals surface area contributed by atoms with Crippen LogP contribution in [-0.4, -0.2) is 21.5 Å². The van der Waals surface area contributed by atoms with E-state index < -0.39 is 28.3 Å². The van der Waals surface area contributed by atoms with Gasteiger partial charge in [0.1, 0.15) is 0 Å². The Morgan fingerprint density at radius 1 is 1.00 bits per heavy atom. The van der Waals surface area contributed by atoms with Crippen molar-refractivity contribution in [1.29, 1.82) is 0 Å². The van der Waals surface area contributed by atoms with Crippen molar-refractivity contribution >= 4 is 16.9 Å². The highest BCUT2D eigenvalue weighted by atomic mass is 32.2. The van der Waals surface area contributed by atoms with Crippen molar-refractivity contribution in [2.75, 3.05) is 7.11 Å². The van der Waals surface area contributed by atoms with E-state index in [-0.39, 0.29) is 0 Å². The van der Waals surface area contributed by atoms with Crippen LogP contribution in [0.25, 0.3) is 0 Å². The minimum atomic E-state index is -2.96. The zero-order chi connectivity index (χ0) is 16.9. The molecule has 122 valence electrons. The van der Waals surface area contributed by atoms with Crippen molar-refractivity contribution in [1.82, 2.24) is 4.72 Å². The van der Waals surface area contributed by atoms with Crippen molar-refractivity contribution in [2.24, 2.45) is 5.92 Å². The Morgan fingerprint density at radius 2 is 1.43 bits per heavy atom. The van der Waals surface area contributed by atoms with Gasteiger partial charge in [-0.3, -0.25) is 4.79 Å². The second kappa shape index (κ2) is 7.39. The molecule has 23 heavy (non-hydrogen) atoms. The second-order valence-corrected chi connectivity index (χ2v) is 5.89. The normalized spacial score (nSPS) is 12.8. The van der Waals surface area contributed by atoms with Crippen LogP contribution in [0.2, 0.25) is 0 Å². The van der Waals surface area contributed by atoms with Crippen LogP contribution in [0.1, 0.15) is 18.1 Å². The van der Waals surface area contributed by atoms with E-state index in [9.17, 15) is 13.2 Å². The molecule has 0 bridgehead atoms. The molecule has 5 nitrogen and oxygen atoms in total. The van der Waals surface area contributed by atoms with Gasteiger partial charge in [-0.2, -0.15) is 0 Å². The molecule has 2 aromatic rings. The number of rotatable bonds is 6. The van der Waals surface area contributed by atoms with Crippen molar-refractivity contribution in [3.63, 3.8) is 0 Å². The van der Waals surface area contributed by atoms with E-state index in [0.29, 0.717) is 11.1 Å². The Balaban J connectivity index is 2.76. The van der Waals surface area contributed by atoms with Crippen LogP contribution in [0.5, 0.6) is 0 Å². The maximum absolute atomic E-state index is 12.2. The van der Waals surface area contributed by atoms with Crippen LogP contribution in [0.15, 0.2) is 60.7 Å². The van der Waals surface area contributed by atoms with Gasteiger partial charge in [0.25, 0.3) is 0 Å². The van der Waals surface area contributed by atoms with Crippen molar-refractivity contribution in [3.8, 4) is 0 Å². The molecular weight excluding hydrogens is 314 g/mol. The number of nitrogens with one attached hydrogen (secondary N) is 1. The molecule has 0 amide bonds. The van der Waals surface area contributed by atoms with E-state index in [1.165, 1.54) is 7.11 Å². The summed E-state index contributed by atoms with van der Waals surface area (Å²) < 4.78 is 30.6. The zero-order valence-electron chi connectivity index (χ0n) is 12.9. The molecule has 2 aromatic carbocycles. The predicted octanol–water partition coefficient (Wildman–Crippen LogP) is 1.86. The summed E-state index contributed by atoms with van der Waals surface area (Å²) in [6.07, 6.45) is 0. The summed E-state index contributed by atoms with van der Waals surface area (Å²) in [5.41, 5.74) is 0.108. The van der Waals surface area contributed by atoms with Crippen molar-refractivity contribution in [2.45, 2.75) is 12.5 Å². The number of thiol groups is 1.